The zero-order chi connectivity index (χ0) is 13.3. The van der Waals surface area contributed by atoms with Crippen molar-refractivity contribution in [2.24, 2.45) is 0 Å². The van der Waals surface area contributed by atoms with Gasteiger partial charge >= 0.3 is 0 Å². The number of hydrogen-bond acceptors (Lipinski definition) is 3. The molecule has 2 saturated heterocycles. The predicted octanol–water partition coefficient (Wildman–Crippen LogP) is 3.31. The summed E-state index contributed by atoms with van der Waals surface area (Å²) in [4.78, 5) is 0. The van der Waals surface area contributed by atoms with Crippen molar-refractivity contribution in [2.45, 2.75) is 31.0 Å². The topological polar surface area (TPSA) is 27.7 Å². The highest BCUT2D eigenvalue weighted by atomic mass is 79.9. The molecular formula is C14H16BrFO3. The predicted molar refractivity (Wildman–Crippen MR) is 71.9 cm³/mol. The largest absolute Gasteiger partial charge is 0.489 e. The average Bonchev–Trinajstić information content (AvgIpc) is 2.82. The minimum atomic E-state index is -0.288. The van der Waals surface area contributed by atoms with E-state index in [4.69, 9.17) is 14.2 Å². The Labute approximate surface area is 120 Å². The number of halogens is 2. The molecule has 1 aromatic rings. The first-order chi connectivity index (χ1) is 9.17. The highest BCUT2D eigenvalue weighted by Crippen LogP contribution is 2.36. The number of ether oxygens (including phenoxy) is 3. The zero-order valence-electron chi connectivity index (χ0n) is 10.5. The Morgan fingerprint density at radius 3 is 3.05 bits per heavy atom. The van der Waals surface area contributed by atoms with Gasteiger partial charge in [0.25, 0.3) is 0 Å². The molecule has 2 fully saturated rings. The summed E-state index contributed by atoms with van der Waals surface area (Å²) < 4.78 is 31.2. The molecule has 19 heavy (non-hydrogen) atoms. The smallest absolute Gasteiger partial charge is 0.136 e. The van der Waals surface area contributed by atoms with Gasteiger partial charge in [0, 0.05) is 31.9 Å². The van der Waals surface area contributed by atoms with E-state index in [1.54, 1.807) is 6.07 Å². The Hall–Kier alpha value is -0.650. The molecule has 0 radical (unpaired) electrons. The van der Waals surface area contributed by atoms with Crippen molar-refractivity contribution in [3.8, 4) is 5.75 Å². The van der Waals surface area contributed by atoms with Gasteiger partial charge in [-0.3, -0.25) is 0 Å². The molecule has 5 heteroatoms. The van der Waals surface area contributed by atoms with E-state index in [-0.39, 0.29) is 17.5 Å². The molecule has 1 spiro atoms. The minimum absolute atomic E-state index is 0.0496. The summed E-state index contributed by atoms with van der Waals surface area (Å²) in [6.45, 7) is 2.05. The second kappa shape index (κ2) is 5.38. The molecule has 0 N–H and O–H groups in total. The van der Waals surface area contributed by atoms with Crippen LogP contribution in [-0.2, 0) is 9.47 Å². The van der Waals surface area contributed by atoms with E-state index < -0.39 is 0 Å². The maximum atomic E-state index is 13.3. The van der Waals surface area contributed by atoms with Gasteiger partial charge in [-0.15, -0.1) is 0 Å². The third-order valence-electron chi connectivity index (χ3n) is 3.70. The number of rotatable bonds is 2. The standard InChI is InChI=1S/C14H16BrFO3/c15-12-2-1-10(16)7-13(12)19-11-3-5-18-14(8-11)4-6-17-9-14/h1-2,7,11H,3-6,8-9H2. The van der Waals surface area contributed by atoms with Gasteiger partial charge in [0.1, 0.15) is 17.7 Å². The summed E-state index contributed by atoms with van der Waals surface area (Å²) in [7, 11) is 0. The molecule has 1 aromatic carbocycles. The molecule has 2 aliphatic heterocycles. The lowest BCUT2D eigenvalue weighted by Crippen LogP contribution is -2.44. The van der Waals surface area contributed by atoms with E-state index in [1.165, 1.54) is 12.1 Å². The summed E-state index contributed by atoms with van der Waals surface area (Å²) in [5, 5.41) is 0. The quantitative estimate of drug-likeness (QED) is 0.832. The van der Waals surface area contributed by atoms with Crippen molar-refractivity contribution in [1.82, 2.24) is 0 Å². The van der Waals surface area contributed by atoms with Gasteiger partial charge in [-0.25, -0.2) is 4.39 Å². The second-order valence-corrected chi connectivity index (χ2v) is 6.00. The molecule has 2 aliphatic rings. The van der Waals surface area contributed by atoms with Crippen molar-refractivity contribution in [3.05, 3.63) is 28.5 Å². The van der Waals surface area contributed by atoms with E-state index >= 15 is 0 Å². The molecule has 0 saturated carbocycles. The summed E-state index contributed by atoms with van der Waals surface area (Å²) in [5.74, 6) is 0.269. The molecule has 3 rings (SSSR count). The highest BCUT2D eigenvalue weighted by Gasteiger charge is 2.41. The fraction of sp³-hybridized carbons (Fsp3) is 0.571. The van der Waals surface area contributed by atoms with Gasteiger partial charge in [0.15, 0.2) is 0 Å². The Bertz CT molecular complexity index is 460. The molecule has 2 atom stereocenters. The first-order valence-electron chi connectivity index (χ1n) is 6.50. The third kappa shape index (κ3) is 2.93. The Morgan fingerprint density at radius 2 is 2.26 bits per heavy atom. The molecule has 0 bridgehead atoms. The molecule has 2 heterocycles. The van der Waals surface area contributed by atoms with Crippen LogP contribution in [0.1, 0.15) is 19.3 Å². The second-order valence-electron chi connectivity index (χ2n) is 5.14. The molecule has 2 unspecified atom stereocenters. The Morgan fingerprint density at radius 1 is 1.37 bits per heavy atom. The van der Waals surface area contributed by atoms with Crippen LogP contribution in [0.4, 0.5) is 4.39 Å². The lowest BCUT2D eigenvalue weighted by Gasteiger charge is -2.37. The van der Waals surface area contributed by atoms with Crippen molar-refractivity contribution in [1.29, 1.82) is 0 Å². The van der Waals surface area contributed by atoms with Crippen LogP contribution in [0.3, 0.4) is 0 Å². The summed E-state index contributed by atoms with van der Waals surface area (Å²) in [6, 6.07) is 4.49. The molecular weight excluding hydrogens is 315 g/mol. The van der Waals surface area contributed by atoms with Gasteiger partial charge < -0.3 is 14.2 Å². The van der Waals surface area contributed by atoms with E-state index in [9.17, 15) is 4.39 Å². The lowest BCUT2D eigenvalue weighted by atomic mass is 9.91. The number of benzene rings is 1. The van der Waals surface area contributed by atoms with E-state index in [0.717, 1.165) is 30.3 Å². The fourth-order valence-corrected chi connectivity index (χ4v) is 3.03. The van der Waals surface area contributed by atoms with Crippen LogP contribution >= 0.6 is 15.9 Å². The van der Waals surface area contributed by atoms with E-state index in [0.29, 0.717) is 19.0 Å². The third-order valence-corrected chi connectivity index (χ3v) is 4.36. The van der Waals surface area contributed by atoms with Crippen LogP contribution in [-0.4, -0.2) is 31.5 Å². The van der Waals surface area contributed by atoms with Gasteiger partial charge in [0.2, 0.25) is 0 Å². The van der Waals surface area contributed by atoms with Gasteiger partial charge in [-0.1, -0.05) is 0 Å². The molecule has 0 aromatic heterocycles. The minimum Gasteiger partial charge on any atom is -0.489 e. The van der Waals surface area contributed by atoms with Gasteiger partial charge in [-0.05, 0) is 28.1 Å². The number of hydrogen-bond donors (Lipinski definition) is 0. The van der Waals surface area contributed by atoms with Crippen LogP contribution in [0.2, 0.25) is 0 Å². The van der Waals surface area contributed by atoms with Gasteiger partial charge in [0.05, 0.1) is 23.3 Å². The van der Waals surface area contributed by atoms with Crippen molar-refractivity contribution in [3.63, 3.8) is 0 Å². The van der Waals surface area contributed by atoms with Crippen LogP contribution < -0.4 is 4.74 Å². The first kappa shape index (κ1) is 13.3. The maximum Gasteiger partial charge on any atom is 0.136 e. The molecule has 0 amide bonds. The molecule has 0 aliphatic carbocycles. The van der Waals surface area contributed by atoms with Crippen LogP contribution in [0.5, 0.6) is 5.75 Å². The summed E-state index contributed by atoms with van der Waals surface area (Å²) >= 11 is 3.38. The maximum absolute atomic E-state index is 13.3. The Balaban J connectivity index is 1.70. The van der Waals surface area contributed by atoms with Crippen LogP contribution in [0, 0.1) is 5.82 Å². The van der Waals surface area contributed by atoms with Crippen LogP contribution in [0.25, 0.3) is 0 Å². The normalized spacial score (nSPS) is 30.7. The lowest BCUT2D eigenvalue weighted by molar-refractivity contribution is -0.112. The monoisotopic (exact) mass is 330 g/mol. The summed E-state index contributed by atoms with van der Waals surface area (Å²) in [5.41, 5.74) is -0.192. The average molecular weight is 331 g/mol. The van der Waals surface area contributed by atoms with E-state index in [1.807, 2.05) is 0 Å². The first-order valence-corrected chi connectivity index (χ1v) is 7.30. The van der Waals surface area contributed by atoms with Crippen molar-refractivity contribution >= 4 is 15.9 Å². The molecule has 104 valence electrons. The SMILES string of the molecule is Fc1ccc(Br)c(OC2CCOC3(CCOC3)C2)c1. The zero-order valence-corrected chi connectivity index (χ0v) is 12.1. The van der Waals surface area contributed by atoms with Gasteiger partial charge in [-0.2, -0.15) is 0 Å². The Kier molecular flexibility index (Phi) is 3.78. The highest BCUT2D eigenvalue weighted by molar-refractivity contribution is 9.10. The van der Waals surface area contributed by atoms with Crippen molar-refractivity contribution in [2.75, 3.05) is 19.8 Å². The van der Waals surface area contributed by atoms with Crippen molar-refractivity contribution < 1.29 is 18.6 Å². The molecule has 3 nitrogen and oxygen atoms in total. The van der Waals surface area contributed by atoms with Crippen LogP contribution in [0.15, 0.2) is 22.7 Å². The van der Waals surface area contributed by atoms with E-state index in [2.05, 4.69) is 15.9 Å². The fourth-order valence-electron chi connectivity index (χ4n) is 2.69. The summed E-state index contributed by atoms with van der Waals surface area (Å²) in [6.07, 6.45) is 2.59.